The minimum Gasteiger partial charge on any atom is -0.374 e. The molecule has 1 aromatic carbocycles. The SMILES string of the molecule is CN=C\C=C/C=C/C=C/c1ccc(N(C)CCSSCCNC)cc1. The summed E-state index contributed by atoms with van der Waals surface area (Å²) in [5.41, 5.74) is 2.47. The summed E-state index contributed by atoms with van der Waals surface area (Å²) in [4.78, 5) is 6.19. The fraction of sp³-hybridized carbons (Fsp3) is 0.350. The van der Waals surface area contributed by atoms with Crippen molar-refractivity contribution < 1.29 is 0 Å². The average molecular weight is 376 g/mol. The average Bonchev–Trinajstić information content (AvgIpc) is 2.64. The molecule has 0 fully saturated rings. The van der Waals surface area contributed by atoms with Crippen LogP contribution in [-0.4, -0.2) is 52.0 Å². The monoisotopic (exact) mass is 375 g/mol. The normalized spacial score (nSPS) is 12.3. The molecule has 1 N–H and O–H groups in total. The third kappa shape index (κ3) is 10.9. The van der Waals surface area contributed by atoms with Gasteiger partial charge in [0.25, 0.3) is 0 Å². The Morgan fingerprint density at radius 3 is 2.40 bits per heavy atom. The molecule has 0 aliphatic rings. The molecule has 0 aliphatic carbocycles. The molecule has 5 heteroatoms. The lowest BCUT2D eigenvalue weighted by molar-refractivity contribution is 0.873. The van der Waals surface area contributed by atoms with E-state index in [2.05, 4.69) is 52.6 Å². The molecule has 0 saturated carbocycles. The summed E-state index contributed by atoms with van der Waals surface area (Å²) < 4.78 is 0. The van der Waals surface area contributed by atoms with Crippen molar-refractivity contribution in [3.8, 4) is 0 Å². The van der Waals surface area contributed by atoms with Crippen molar-refractivity contribution in [2.75, 3.05) is 50.6 Å². The Morgan fingerprint density at radius 2 is 1.68 bits per heavy atom. The Morgan fingerprint density at radius 1 is 1.00 bits per heavy atom. The summed E-state index contributed by atoms with van der Waals surface area (Å²) in [6.07, 6.45) is 13.8. The Balaban J connectivity index is 2.34. The lowest BCUT2D eigenvalue weighted by Gasteiger charge is -2.19. The van der Waals surface area contributed by atoms with Crippen molar-refractivity contribution >= 4 is 39.6 Å². The lowest BCUT2D eigenvalue weighted by atomic mass is 10.2. The molecule has 0 saturated heterocycles. The fourth-order valence-corrected chi connectivity index (χ4v) is 3.95. The zero-order valence-corrected chi connectivity index (χ0v) is 17.0. The summed E-state index contributed by atoms with van der Waals surface area (Å²) >= 11 is 0. The number of rotatable bonds is 12. The van der Waals surface area contributed by atoms with Gasteiger partial charge in [-0.1, -0.05) is 64.1 Å². The highest BCUT2D eigenvalue weighted by Gasteiger charge is 2.00. The maximum absolute atomic E-state index is 3.89. The van der Waals surface area contributed by atoms with Gasteiger partial charge >= 0.3 is 0 Å². The van der Waals surface area contributed by atoms with Gasteiger partial charge in [-0.05, 0) is 30.8 Å². The van der Waals surface area contributed by atoms with Crippen molar-refractivity contribution in [2.24, 2.45) is 4.99 Å². The number of benzene rings is 1. The number of hydrogen-bond acceptors (Lipinski definition) is 5. The van der Waals surface area contributed by atoms with E-state index >= 15 is 0 Å². The van der Waals surface area contributed by atoms with E-state index in [-0.39, 0.29) is 0 Å². The molecular formula is C20H29N3S2. The van der Waals surface area contributed by atoms with Crippen LogP contribution in [0, 0.1) is 0 Å². The molecule has 0 aromatic heterocycles. The third-order valence-corrected chi connectivity index (χ3v) is 5.72. The highest BCUT2D eigenvalue weighted by atomic mass is 33.1. The van der Waals surface area contributed by atoms with Gasteiger partial charge in [-0.25, -0.2) is 0 Å². The minimum absolute atomic E-state index is 1.06. The van der Waals surface area contributed by atoms with Crippen LogP contribution in [0.2, 0.25) is 0 Å². The second-order valence-corrected chi connectivity index (χ2v) is 8.00. The first-order valence-electron chi connectivity index (χ1n) is 8.40. The Hall–Kier alpha value is -1.43. The van der Waals surface area contributed by atoms with Gasteiger partial charge in [0.05, 0.1) is 0 Å². The summed E-state index contributed by atoms with van der Waals surface area (Å²) in [7, 11) is 9.78. The zero-order valence-electron chi connectivity index (χ0n) is 15.4. The van der Waals surface area contributed by atoms with Crippen molar-refractivity contribution in [3.63, 3.8) is 0 Å². The van der Waals surface area contributed by atoms with E-state index in [0.717, 1.165) is 24.6 Å². The highest BCUT2D eigenvalue weighted by Crippen LogP contribution is 2.21. The smallest absolute Gasteiger partial charge is 0.0364 e. The van der Waals surface area contributed by atoms with Crippen LogP contribution in [0.5, 0.6) is 0 Å². The van der Waals surface area contributed by atoms with Crippen LogP contribution < -0.4 is 10.2 Å². The van der Waals surface area contributed by atoms with Crippen LogP contribution in [0.15, 0.2) is 59.6 Å². The number of allylic oxidation sites excluding steroid dienone is 5. The molecule has 0 unspecified atom stereocenters. The predicted molar refractivity (Wildman–Crippen MR) is 120 cm³/mol. The summed E-state index contributed by atoms with van der Waals surface area (Å²) in [6, 6.07) is 8.68. The van der Waals surface area contributed by atoms with Gasteiger partial charge in [0.15, 0.2) is 0 Å². The van der Waals surface area contributed by atoms with Gasteiger partial charge in [-0.2, -0.15) is 0 Å². The third-order valence-electron chi connectivity index (χ3n) is 3.33. The molecule has 136 valence electrons. The van der Waals surface area contributed by atoms with Crippen LogP contribution in [0.25, 0.3) is 6.08 Å². The van der Waals surface area contributed by atoms with E-state index in [0.29, 0.717) is 0 Å². The number of anilines is 1. The number of aliphatic imine (C=N–C) groups is 1. The summed E-state index contributed by atoms with van der Waals surface area (Å²) in [5, 5.41) is 3.17. The zero-order chi connectivity index (χ0) is 18.2. The number of nitrogens with one attached hydrogen (secondary N) is 1. The number of hydrogen-bond donors (Lipinski definition) is 1. The number of nitrogens with zero attached hydrogens (tertiary/aromatic N) is 2. The molecule has 0 radical (unpaired) electrons. The maximum atomic E-state index is 3.89. The van der Waals surface area contributed by atoms with Gasteiger partial charge in [0, 0.05) is 50.6 Å². The fourth-order valence-electron chi connectivity index (χ4n) is 1.90. The topological polar surface area (TPSA) is 27.6 Å². The molecule has 0 amide bonds. The van der Waals surface area contributed by atoms with E-state index in [1.165, 1.54) is 11.3 Å². The molecule has 1 rings (SSSR count). The second-order valence-electron chi connectivity index (χ2n) is 5.30. The molecule has 0 spiro atoms. The van der Waals surface area contributed by atoms with Gasteiger partial charge in [-0.3, -0.25) is 4.99 Å². The molecule has 1 aromatic rings. The van der Waals surface area contributed by atoms with Crippen LogP contribution in [0.1, 0.15) is 5.56 Å². The highest BCUT2D eigenvalue weighted by molar-refractivity contribution is 8.76. The van der Waals surface area contributed by atoms with E-state index in [9.17, 15) is 0 Å². The lowest BCUT2D eigenvalue weighted by Crippen LogP contribution is -2.19. The second kappa shape index (κ2) is 14.9. The van der Waals surface area contributed by atoms with E-state index in [1.54, 1.807) is 13.3 Å². The maximum Gasteiger partial charge on any atom is 0.0364 e. The van der Waals surface area contributed by atoms with Gasteiger partial charge < -0.3 is 10.2 Å². The largest absolute Gasteiger partial charge is 0.374 e. The first-order valence-corrected chi connectivity index (χ1v) is 10.9. The van der Waals surface area contributed by atoms with E-state index in [1.807, 2.05) is 59.0 Å². The van der Waals surface area contributed by atoms with Crippen molar-refractivity contribution in [1.82, 2.24) is 5.32 Å². The first kappa shape index (κ1) is 21.6. The van der Waals surface area contributed by atoms with Crippen LogP contribution >= 0.6 is 21.6 Å². The molecular weight excluding hydrogens is 346 g/mol. The Labute approximate surface area is 160 Å². The quantitative estimate of drug-likeness (QED) is 0.251. The van der Waals surface area contributed by atoms with E-state index < -0.39 is 0 Å². The van der Waals surface area contributed by atoms with Crippen LogP contribution in [-0.2, 0) is 0 Å². The molecule has 0 aliphatic heterocycles. The van der Waals surface area contributed by atoms with Gasteiger partial charge in [-0.15, -0.1) is 0 Å². The van der Waals surface area contributed by atoms with Crippen molar-refractivity contribution in [3.05, 3.63) is 60.2 Å². The van der Waals surface area contributed by atoms with Gasteiger partial charge in [0.1, 0.15) is 0 Å². The molecule has 25 heavy (non-hydrogen) atoms. The summed E-state index contributed by atoms with van der Waals surface area (Å²) in [5.74, 6) is 2.29. The first-order chi connectivity index (χ1) is 12.3. The van der Waals surface area contributed by atoms with E-state index in [4.69, 9.17) is 0 Å². The Kier molecular flexibility index (Phi) is 12.9. The minimum atomic E-state index is 1.06. The molecule has 0 heterocycles. The summed E-state index contributed by atoms with van der Waals surface area (Å²) in [6.45, 7) is 2.13. The van der Waals surface area contributed by atoms with Crippen LogP contribution in [0.3, 0.4) is 0 Å². The van der Waals surface area contributed by atoms with Gasteiger partial charge in [0.2, 0.25) is 0 Å². The van der Waals surface area contributed by atoms with Crippen LogP contribution in [0.4, 0.5) is 5.69 Å². The Bertz CT molecular complexity index is 563. The molecule has 3 nitrogen and oxygen atoms in total. The molecule has 0 atom stereocenters. The molecule has 0 bridgehead atoms. The van der Waals surface area contributed by atoms with Crippen molar-refractivity contribution in [1.29, 1.82) is 0 Å². The standard InChI is InChI=1S/C20H29N3S2/c1-21-14-8-6-4-5-7-9-19-10-12-20(13-11-19)23(3)16-18-25-24-17-15-22-2/h4-14,22H,15-18H2,1-3H3/b5-4+,8-6-,9-7+,21-14?. The predicted octanol–water partition coefficient (Wildman–Crippen LogP) is 4.55. The van der Waals surface area contributed by atoms with Crippen molar-refractivity contribution in [2.45, 2.75) is 0 Å².